The van der Waals surface area contributed by atoms with Gasteiger partial charge in [0, 0.05) is 22.3 Å². The van der Waals surface area contributed by atoms with Gasteiger partial charge in [0.25, 0.3) is 0 Å². The summed E-state index contributed by atoms with van der Waals surface area (Å²) in [6.45, 7) is 0. The summed E-state index contributed by atoms with van der Waals surface area (Å²) in [5, 5.41) is 11.3. The maximum Gasteiger partial charge on any atom is 0.416 e. The molecular weight excluding hydrogens is 375 g/mol. The topological polar surface area (TPSA) is 40.7 Å². The molecule has 0 unspecified atom stereocenters. The number of fused-ring (bicyclic) bond motifs is 1. The van der Waals surface area contributed by atoms with Gasteiger partial charge in [0.2, 0.25) is 0 Å². The van der Waals surface area contributed by atoms with Crippen LogP contribution in [-0.4, -0.2) is 10.2 Å². The summed E-state index contributed by atoms with van der Waals surface area (Å²) in [6.07, 6.45) is -4.37. The minimum atomic E-state index is -4.37. The molecule has 0 amide bonds. The molecule has 0 saturated carbocycles. The van der Waals surface area contributed by atoms with Crippen molar-refractivity contribution in [1.29, 1.82) is 0 Å². The van der Waals surface area contributed by atoms with E-state index in [2.05, 4.69) is 15.5 Å². The maximum atomic E-state index is 12.8. The van der Waals surface area contributed by atoms with E-state index < -0.39 is 11.7 Å². The molecule has 0 atom stereocenters. The van der Waals surface area contributed by atoms with E-state index in [1.807, 2.05) is 48.5 Å². The molecule has 0 radical (unpaired) electrons. The van der Waals surface area contributed by atoms with E-state index >= 15 is 0 Å². The minimum absolute atomic E-state index is 0. The molecule has 7 heteroatoms. The number of nitrogens with zero attached hydrogens (tertiary/aromatic N) is 1. The van der Waals surface area contributed by atoms with Gasteiger partial charge in [0.1, 0.15) is 0 Å². The van der Waals surface area contributed by atoms with E-state index in [-0.39, 0.29) is 12.4 Å². The van der Waals surface area contributed by atoms with Gasteiger partial charge in [-0.15, -0.1) is 12.4 Å². The van der Waals surface area contributed by atoms with Crippen LogP contribution in [0.15, 0.2) is 72.8 Å². The number of aromatic nitrogens is 2. The van der Waals surface area contributed by atoms with E-state index in [1.54, 1.807) is 6.07 Å². The Hall–Kier alpha value is -2.99. The lowest BCUT2D eigenvalue weighted by atomic mass is 10.1. The number of alkyl halides is 3. The van der Waals surface area contributed by atoms with E-state index in [4.69, 9.17) is 0 Å². The van der Waals surface area contributed by atoms with Gasteiger partial charge in [-0.1, -0.05) is 36.4 Å². The zero-order valence-electron chi connectivity index (χ0n) is 13.9. The molecule has 3 nitrogen and oxygen atoms in total. The number of aromatic amines is 1. The summed E-state index contributed by atoms with van der Waals surface area (Å²) in [5.74, 6) is 0. The molecular formula is C20H15ClF3N3. The summed E-state index contributed by atoms with van der Waals surface area (Å²) >= 11 is 0. The number of H-pyrrole nitrogens is 1. The van der Waals surface area contributed by atoms with Crippen LogP contribution in [0.4, 0.5) is 24.5 Å². The van der Waals surface area contributed by atoms with Gasteiger partial charge in [-0.05, 0) is 36.4 Å². The first-order chi connectivity index (χ1) is 12.5. The third kappa shape index (κ3) is 3.90. The number of anilines is 2. The molecule has 0 fully saturated rings. The number of hydrogen-bond donors (Lipinski definition) is 2. The first kappa shape index (κ1) is 18.8. The number of halogens is 4. The Bertz CT molecular complexity index is 1060. The molecule has 2 N–H and O–H groups in total. The SMILES string of the molecule is Cl.FC(F)(F)c1cccc(Nc2ccc3c(-c4ccccc4)n[nH]c3c2)c1. The van der Waals surface area contributed by atoms with Crippen LogP contribution in [0.25, 0.3) is 22.2 Å². The van der Waals surface area contributed by atoms with Crippen molar-refractivity contribution < 1.29 is 13.2 Å². The lowest BCUT2D eigenvalue weighted by molar-refractivity contribution is -0.137. The molecule has 0 aliphatic rings. The summed E-state index contributed by atoms with van der Waals surface area (Å²) in [5.41, 5.74) is 3.02. The van der Waals surface area contributed by atoms with Crippen LogP contribution in [-0.2, 0) is 6.18 Å². The molecule has 0 saturated heterocycles. The average Bonchev–Trinajstić information content (AvgIpc) is 3.05. The van der Waals surface area contributed by atoms with Crippen molar-refractivity contribution in [3.8, 4) is 11.3 Å². The molecule has 1 aromatic heterocycles. The highest BCUT2D eigenvalue weighted by atomic mass is 35.5. The van der Waals surface area contributed by atoms with Crippen LogP contribution < -0.4 is 5.32 Å². The van der Waals surface area contributed by atoms with Crippen molar-refractivity contribution in [3.63, 3.8) is 0 Å². The highest BCUT2D eigenvalue weighted by Crippen LogP contribution is 2.32. The molecule has 138 valence electrons. The van der Waals surface area contributed by atoms with Crippen LogP contribution >= 0.6 is 12.4 Å². The second-order valence-corrected chi connectivity index (χ2v) is 5.90. The average molecular weight is 390 g/mol. The highest BCUT2D eigenvalue weighted by molar-refractivity contribution is 5.94. The zero-order valence-corrected chi connectivity index (χ0v) is 14.7. The van der Waals surface area contributed by atoms with Crippen LogP contribution in [0.3, 0.4) is 0 Å². The van der Waals surface area contributed by atoms with E-state index in [1.165, 1.54) is 6.07 Å². The second kappa shape index (κ2) is 7.32. The Morgan fingerprint density at radius 1 is 0.815 bits per heavy atom. The quantitative estimate of drug-likeness (QED) is 0.424. The third-order valence-electron chi connectivity index (χ3n) is 4.09. The normalized spacial score (nSPS) is 11.2. The van der Waals surface area contributed by atoms with Crippen LogP contribution in [0.2, 0.25) is 0 Å². The van der Waals surface area contributed by atoms with Crippen molar-refractivity contribution >= 4 is 34.7 Å². The van der Waals surface area contributed by atoms with Gasteiger partial charge in [-0.25, -0.2) is 0 Å². The van der Waals surface area contributed by atoms with Crippen LogP contribution in [0.1, 0.15) is 5.56 Å². The van der Waals surface area contributed by atoms with Gasteiger partial charge in [-0.2, -0.15) is 18.3 Å². The molecule has 3 aromatic carbocycles. The maximum absolute atomic E-state index is 12.8. The number of hydrogen-bond acceptors (Lipinski definition) is 2. The second-order valence-electron chi connectivity index (χ2n) is 5.90. The van der Waals surface area contributed by atoms with Crippen LogP contribution in [0.5, 0.6) is 0 Å². The Morgan fingerprint density at radius 3 is 2.30 bits per heavy atom. The van der Waals surface area contributed by atoms with Crippen molar-refractivity contribution in [2.45, 2.75) is 6.18 Å². The van der Waals surface area contributed by atoms with Gasteiger partial charge >= 0.3 is 6.18 Å². The van der Waals surface area contributed by atoms with Crippen molar-refractivity contribution in [2.75, 3.05) is 5.32 Å². The fraction of sp³-hybridized carbons (Fsp3) is 0.0500. The van der Waals surface area contributed by atoms with Crippen LogP contribution in [0, 0.1) is 0 Å². The highest BCUT2D eigenvalue weighted by Gasteiger charge is 2.30. The molecule has 4 aromatic rings. The lowest BCUT2D eigenvalue weighted by Gasteiger charge is -2.10. The summed E-state index contributed by atoms with van der Waals surface area (Å²) in [6, 6.07) is 20.5. The zero-order chi connectivity index (χ0) is 18.1. The number of benzene rings is 3. The van der Waals surface area contributed by atoms with E-state index in [0.717, 1.165) is 34.3 Å². The molecule has 0 spiro atoms. The lowest BCUT2D eigenvalue weighted by Crippen LogP contribution is -2.05. The van der Waals surface area contributed by atoms with Crippen molar-refractivity contribution in [1.82, 2.24) is 10.2 Å². The molecule has 0 aliphatic carbocycles. The first-order valence-corrected chi connectivity index (χ1v) is 7.98. The number of rotatable bonds is 3. The molecule has 0 bridgehead atoms. The standard InChI is InChI=1S/C20H14F3N3.ClH/c21-20(22,23)14-7-4-8-15(11-14)24-16-9-10-17-18(12-16)25-26-19(17)13-5-2-1-3-6-13;/h1-12,24H,(H,25,26);1H. The predicted molar refractivity (Wildman–Crippen MR) is 104 cm³/mol. The molecule has 1 heterocycles. The monoisotopic (exact) mass is 389 g/mol. The first-order valence-electron chi connectivity index (χ1n) is 7.98. The summed E-state index contributed by atoms with van der Waals surface area (Å²) in [7, 11) is 0. The number of nitrogens with one attached hydrogen (secondary N) is 2. The van der Waals surface area contributed by atoms with E-state index in [9.17, 15) is 13.2 Å². The fourth-order valence-corrected chi connectivity index (χ4v) is 2.85. The molecule has 27 heavy (non-hydrogen) atoms. The van der Waals surface area contributed by atoms with Gasteiger partial charge in [0.15, 0.2) is 0 Å². The van der Waals surface area contributed by atoms with Crippen molar-refractivity contribution in [3.05, 3.63) is 78.4 Å². The third-order valence-corrected chi connectivity index (χ3v) is 4.09. The van der Waals surface area contributed by atoms with Crippen molar-refractivity contribution in [2.24, 2.45) is 0 Å². The Kier molecular flexibility index (Phi) is 5.10. The minimum Gasteiger partial charge on any atom is -0.355 e. The summed E-state index contributed by atoms with van der Waals surface area (Å²) in [4.78, 5) is 0. The Balaban J connectivity index is 0.00000210. The molecule has 0 aliphatic heterocycles. The fourth-order valence-electron chi connectivity index (χ4n) is 2.85. The largest absolute Gasteiger partial charge is 0.416 e. The predicted octanol–water partition coefficient (Wildman–Crippen LogP) is 6.41. The molecule has 4 rings (SSSR count). The Labute approximate surface area is 159 Å². The smallest absolute Gasteiger partial charge is 0.355 e. The van der Waals surface area contributed by atoms with Gasteiger partial charge in [-0.3, -0.25) is 5.10 Å². The van der Waals surface area contributed by atoms with Gasteiger partial charge in [0.05, 0.1) is 16.8 Å². The summed E-state index contributed by atoms with van der Waals surface area (Å²) < 4.78 is 38.5. The Morgan fingerprint density at radius 2 is 1.56 bits per heavy atom. The van der Waals surface area contributed by atoms with Gasteiger partial charge < -0.3 is 5.32 Å². The van der Waals surface area contributed by atoms with E-state index in [0.29, 0.717) is 11.4 Å².